The summed E-state index contributed by atoms with van der Waals surface area (Å²) < 4.78 is 0.240. The number of benzene rings is 1. The van der Waals surface area contributed by atoms with Gasteiger partial charge in [-0.05, 0) is 31.9 Å². The van der Waals surface area contributed by atoms with Gasteiger partial charge in [-0.1, -0.05) is 31.0 Å². The molecule has 0 saturated carbocycles. The fraction of sp³-hybridized carbons (Fsp3) is 0.562. The van der Waals surface area contributed by atoms with Gasteiger partial charge in [0.05, 0.1) is 14.1 Å². The van der Waals surface area contributed by atoms with Gasteiger partial charge in [-0.2, -0.15) is 0 Å². The summed E-state index contributed by atoms with van der Waals surface area (Å²) in [7, 11) is 3.79. The number of likely N-dealkylation sites (N-methyl/N-ethyl adjacent to an activating group) is 1. The summed E-state index contributed by atoms with van der Waals surface area (Å²) in [4.78, 5) is 12.5. The second kappa shape index (κ2) is 8.66. The second-order valence-corrected chi connectivity index (χ2v) is 6.94. The van der Waals surface area contributed by atoms with Gasteiger partial charge < -0.3 is 22.0 Å². The van der Waals surface area contributed by atoms with Crippen molar-refractivity contribution in [3.8, 4) is 0 Å². The van der Waals surface area contributed by atoms with Crippen LogP contribution in [0.1, 0.15) is 36.5 Å². The number of carbonyl (C=O) groups is 1. The minimum absolute atomic E-state index is 0. The quantitative estimate of drug-likeness (QED) is 0.625. The summed E-state index contributed by atoms with van der Waals surface area (Å²) in [6, 6.07) is 3.98. The minimum Gasteiger partial charge on any atom is -0.494 e. The van der Waals surface area contributed by atoms with E-state index in [0.29, 0.717) is 0 Å². The third-order valence-electron chi connectivity index (χ3n) is 3.54. The molecule has 1 N–H and O–H groups in total. The van der Waals surface area contributed by atoms with Crippen molar-refractivity contribution >= 4 is 24.4 Å². The molecule has 3 nitrogen and oxygen atoms in total. The van der Waals surface area contributed by atoms with Crippen molar-refractivity contribution in [2.24, 2.45) is 0 Å². The summed E-state index contributed by atoms with van der Waals surface area (Å²) >= 11 is 5.43. The normalized spacial score (nSPS) is 12.5. The molecule has 0 saturated heterocycles. The number of hydrogen-bond donors (Lipinski definition) is 1. The predicted molar refractivity (Wildman–Crippen MR) is 87.5 cm³/mol. The van der Waals surface area contributed by atoms with E-state index in [0.717, 1.165) is 29.7 Å². The maximum absolute atomic E-state index is 12.5. The Hall–Kier alpha value is 0.104. The van der Waals surface area contributed by atoms with Gasteiger partial charge in [0, 0.05) is 44.8 Å². The maximum Gasteiger partial charge on any atom is 0.281 e. The first kappa shape index (κ1) is 21.1. The average molecular weight is 383 g/mol. The molecule has 0 aliphatic heterocycles. The Bertz CT molecular complexity index is 475. The zero-order chi connectivity index (χ0) is 15.5. The molecule has 21 heavy (non-hydrogen) atoms. The van der Waals surface area contributed by atoms with Crippen molar-refractivity contribution in [3.63, 3.8) is 0 Å². The molecular weight excluding hydrogens is 357 g/mol. The zero-order valence-corrected chi connectivity index (χ0v) is 17.6. The largest absolute Gasteiger partial charge is 0.494 e. The molecule has 0 bridgehead atoms. The van der Waals surface area contributed by atoms with Gasteiger partial charge in [-0.25, -0.2) is 0 Å². The molecule has 1 rings (SSSR count). The monoisotopic (exact) mass is 383 g/mol. The molecule has 5 heteroatoms. The fourth-order valence-electron chi connectivity index (χ4n) is 2.58. The van der Waals surface area contributed by atoms with Crippen molar-refractivity contribution in [3.05, 3.63) is 28.8 Å². The Morgan fingerprint density at radius 3 is 2.10 bits per heavy atom. The van der Waals surface area contributed by atoms with Gasteiger partial charge in [0.25, 0.3) is 5.91 Å². The molecule has 0 fully saturated rings. The van der Waals surface area contributed by atoms with Crippen molar-refractivity contribution in [2.75, 3.05) is 19.4 Å². The summed E-state index contributed by atoms with van der Waals surface area (Å²) in [5.41, 5.74) is 4.33. The van der Waals surface area contributed by atoms with Crippen LogP contribution in [-0.4, -0.2) is 29.9 Å². The van der Waals surface area contributed by atoms with Crippen LogP contribution in [0, 0.1) is 20.8 Å². The summed E-state index contributed by atoms with van der Waals surface area (Å²) in [5, 5.41) is 3.08. The topological polar surface area (TPSA) is 29.1 Å². The van der Waals surface area contributed by atoms with Crippen molar-refractivity contribution < 1.29 is 41.4 Å². The van der Waals surface area contributed by atoms with E-state index in [9.17, 15) is 4.79 Å². The van der Waals surface area contributed by atoms with Crippen LogP contribution in [0.4, 0.5) is 5.69 Å². The Kier molecular flexibility index (Phi) is 8.70. The second-order valence-electron chi connectivity index (χ2n) is 6.00. The molecule has 0 aliphatic rings. The molecular formula is C16H26N2OSY. The van der Waals surface area contributed by atoms with Crippen molar-refractivity contribution in [2.45, 2.75) is 46.6 Å². The van der Waals surface area contributed by atoms with E-state index in [2.05, 4.69) is 31.3 Å². The van der Waals surface area contributed by atoms with E-state index >= 15 is 0 Å². The molecule has 1 unspecified atom stereocenters. The van der Waals surface area contributed by atoms with E-state index in [1.807, 2.05) is 27.9 Å². The van der Waals surface area contributed by atoms with Crippen LogP contribution in [0.3, 0.4) is 0 Å². The third kappa shape index (κ3) is 6.01. The van der Waals surface area contributed by atoms with Crippen LogP contribution >= 0.6 is 0 Å². The average Bonchev–Trinajstić information content (AvgIpc) is 2.28. The standard InChI is InChI=1S/C16H26N2OS.Y/c1-7-8-14(18(5,6)20)16(19)17-15-12(3)9-11(2)10-13(15)4;/h9-10,14H,7-8H2,1-6H3,(H,17,19);. The van der Waals surface area contributed by atoms with Gasteiger partial charge in [0.15, 0.2) is 6.04 Å². The first-order chi connectivity index (χ1) is 9.16. The van der Waals surface area contributed by atoms with Crippen LogP contribution in [0.5, 0.6) is 0 Å². The molecule has 1 amide bonds. The van der Waals surface area contributed by atoms with Gasteiger partial charge in [-0.15, -0.1) is 0 Å². The summed E-state index contributed by atoms with van der Waals surface area (Å²) in [6.45, 7) is 8.19. The van der Waals surface area contributed by atoms with Crippen molar-refractivity contribution in [1.82, 2.24) is 0 Å². The van der Waals surface area contributed by atoms with Crippen LogP contribution in [0.2, 0.25) is 0 Å². The third-order valence-corrected chi connectivity index (χ3v) is 3.80. The minimum atomic E-state index is -0.199. The Morgan fingerprint density at radius 2 is 1.71 bits per heavy atom. The van der Waals surface area contributed by atoms with E-state index in [1.54, 1.807) is 0 Å². The predicted octanol–water partition coefficient (Wildman–Crippen LogP) is 3.25. The number of nitrogens with zero attached hydrogens (tertiary/aromatic N) is 1. The number of quaternary nitrogens is 1. The zero-order valence-electron chi connectivity index (χ0n) is 14.0. The smallest absolute Gasteiger partial charge is 0.281 e. The molecule has 115 valence electrons. The molecule has 1 aromatic carbocycles. The summed E-state index contributed by atoms with van der Waals surface area (Å²) in [6.07, 6.45) is 1.74. The SMILES string of the molecule is CCCC(C(=O)Nc1c(C)cc(C)cc1C)[N+](C)(C)[S-].[Y]. The van der Waals surface area contributed by atoms with Crippen LogP contribution < -0.4 is 5.32 Å². The number of carbonyl (C=O) groups excluding carboxylic acids is 1. The van der Waals surface area contributed by atoms with Crippen LogP contribution in [0.15, 0.2) is 12.1 Å². The van der Waals surface area contributed by atoms with Gasteiger partial charge in [-0.3, -0.25) is 4.79 Å². The fourth-order valence-corrected chi connectivity index (χ4v) is 2.78. The first-order valence-electron chi connectivity index (χ1n) is 7.10. The number of aryl methyl sites for hydroxylation is 3. The number of nitrogens with one attached hydrogen (secondary N) is 1. The molecule has 0 heterocycles. The van der Waals surface area contributed by atoms with Crippen LogP contribution in [-0.2, 0) is 50.3 Å². The van der Waals surface area contributed by atoms with E-state index in [4.69, 9.17) is 12.8 Å². The van der Waals surface area contributed by atoms with E-state index < -0.39 is 0 Å². The Labute approximate surface area is 159 Å². The van der Waals surface area contributed by atoms with Crippen molar-refractivity contribution in [1.29, 1.82) is 0 Å². The maximum atomic E-state index is 12.5. The van der Waals surface area contributed by atoms with Gasteiger partial charge in [0.2, 0.25) is 0 Å². The number of anilines is 1. The Balaban J connectivity index is 0.00000400. The number of hydrogen-bond acceptors (Lipinski definition) is 2. The van der Waals surface area contributed by atoms with E-state index in [1.165, 1.54) is 5.56 Å². The molecule has 0 aromatic heterocycles. The number of amides is 1. The summed E-state index contributed by atoms with van der Waals surface area (Å²) in [5.74, 6) is 0.0157. The van der Waals surface area contributed by atoms with Crippen LogP contribution in [0.25, 0.3) is 0 Å². The van der Waals surface area contributed by atoms with Gasteiger partial charge >= 0.3 is 0 Å². The van der Waals surface area contributed by atoms with E-state index in [-0.39, 0.29) is 48.5 Å². The Morgan fingerprint density at radius 1 is 1.24 bits per heavy atom. The molecule has 0 aliphatic carbocycles. The molecule has 1 radical (unpaired) electrons. The molecule has 1 atom stereocenters. The first-order valence-corrected chi connectivity index (χ1v) is 7.46. The molecule has 1 aromatic rings. The van der Waals surface area contributed by atoms with Gasteiger partial charge in [0.1, 0.15) is 0 Å². The molecule has 0 spiro atoms. The number of rotatable bonds is 5.